The molecule has 1 N–H and O–H groups in total. The number of anilines is 1. The van der Waals surface area contributed by atoms with Gasteiger partial charge in [-0.25, -0.2) is 0 Å². The van der Waals surface area contributed by atoms with E-state index in [1.54, 1.807) is 18.7 Å². The van der Waals surface area contributed by atoms with E-state index in [-0.39, 0.29) is 0 Å². The summed E-state index contributed by atoms with van der Waals surface area (Å²) in [5, 5.41) is 3.23. The average Bonchev–Trinajstić information content (AvgIpc) is 2.77. The van der Waals surface area contributed by atoms with Gasteiger partial charge in [0.2, 0.25) is 0 Å². The fourth-order valence-corrected chi connectivity index (χ4v) is 1.61. The van der Waals surface area contributed by atoms with Gasteiger partial charge in [-0.2, -0.15) is 0 Å². The number of rotatable bonds is 4. The van der Waals surface area contributed by atoms with Gasteiger partial charge >= 0.3 is 0 Å². The van der Waals surface area contributed by atoms with Crippen molar-refractivity contribution < 1.29 is 4.42 Å². The van der Waals surface area contributed by atoms with E-state index in [1.165, 1.54) is 0 Å². The Labute approximate surface area is 102 Å². The second-order valence-corrected chi connectivity index (χ2v) is 4.11. The van der Waals surface area contributed by atoms with Gasteiger partial charge in [0.15, 0.2) is 0 Å². The first-order chi connectivity index (χ1) is 7.84. The second-order valence-electron chi connectivity index (χ2n) is 3.19. The first kappa shape index (κ1) is 11.0. The fraction of sp³-hybridized carbons (Fsp3) is 0.0833. The maximum Gasteiger partial charge on any atom is 0.126 e. The molecule has 0 unspecified atom stereocenters. The summed E-state index contributed by atoms with van der Waals surface area (Å²) in [7, 11) is 0. The molecule has 0 aliphatic rings. The molecule has 2 rings (SSSR count). The van der Waals surface area contributed by atoms with Crippen LogP contribution >= 0.6 is 15.9 Å². The van der Waals surface area contributed by atoms with Crippen LogP contribution in [0.3, 0.4) is 0 Å². The van der Waals surface area contributed by atoms with Crippen molar-refractivity contribution in [2.75, 3.05) is 11.9 Å². The smallest absolute Gasteiger partial charge is 0.126 e. The Morgan fingerprint density at radius 3 is 3.12 bits per heavy atom. The number of nitrogens with one attached hydrogen (secondary N) is 1. The van der Waals surface area contributed by atoms with Gasteiger partial charge in [0.25, 0.3) is 0 Å². The van der Waals surface area contributed by atoms with Gasteiger partial charge in [0.05, 0.1) is 18.1 Å². The van der Waals surface area contributed by atoms with Gasteiger partial charge in [-0.05, 0) is 40.2 Å². The van der Waals surface area contributed by atoms with Crippen LogP contribution in [0.2, 0.25) is 0 Å². The average molecular weight is 279 g/mol. The van der Waals surface area contributed by atoms with Gasteiger partial charge < -0.3 is 9.73 Å². The molecule has 2 aromatic rings. The minimum absolute atomic E-state index is 0.735. The lowest BCUT2D eigenvalue weighted by Gasteiger charge is -2.01. The van der Waals surface area contributed by atoms with Crippen molar-refractivity contribution >= 4 is 27.7 Å². The van der Waals surface area contributed by atoms with Crippen LogP contribution in [0.5, 0.6) is 0 Å². The van der Waals surface area contributed by atoms with Crippen LogP contribution in [0.1, 0.15) is 5.76 Å². The van der Waals surface area contributed by atoms with Gasteiger partial charge in [-0.1, -0.05) is 6.08 Å². The number of furan rings is 1. The molecule has 0 amide bonds. The highest BCUT2D eigenvalue weighted by Crippen LogP contribution is 2.13. The maximum atomic E-state index is 5.17. The summed E-state index contributed by atoms with van der Waals surface area (Å²) < 4.78 is 6.14. The topological polar surface area (TPSA) is 38.1 Å². The molecule has 4 heteroatoms. The predicted molar refractivity (Wildman–Crippen MR) is 68.2 cm³/mol. The fourth-order valence-electron chi connectivity index (χ4n) is 1.25. The molecule has 0 saturated carbocycles. The normalized spacial score (nSPS) is 10.8. The molecule has 0 saturated heterocycles. The monoisotopic (exact) mass is 278 g/mol. The van der Waals surface area contributed by atoms with Crippen LogP contribution in [-0.2, 0) is 0 Å². The zero-order valence-electron chi connectivity index (χ0n) is 8.56. The molecule has 0 fully saturated rings. The summed E-state index contributed by atoms with van der Waals surface area (Å²) in [4.78, 5) is 4.06. The highest BCUT2D eigenvalue weighted by molar-refractivity contribution is 9.10. The van der Waals surface area contributed by atoms with Crippen LogP contribution < -0.4 is 5.32 Å². The van der Waals surface area contributed by atoms with Crippen molar-refractivity contribution in [2.45, 2.75) is 0 Å². The number of halogens is 1. The van der Waals surface area contributed by atoms with E-state index in [4.69, 9.17) is 4.42 Å². The molecule has 3 nitrogen and oxygen atoms in total. The summed E-state index contributed by atoms with van der Waals surface area (Å²) in [5.41, 5.74) is 0.985. The number of pyridine rings is 1. The van der Waals surface area contributed by atoms with Gasteiger partial charge in [-0.15, -0.1) is 0 Å². The van der Waals surface area contributed by atoms with Gasteiger partial charge in [0.1, 0.15) is 5.76 Å². The molecule has 16 heavy (non-hydrogen) atoms. The third-order valence-corrected chi connectivity index (χ3v) is 2.39. The Bertz CT molecular complexity index is 466. The molecule has 2 aromatic heterocycles. The SMILES string of the molecule is Brc1cncc(NC/C=C/c2ccco2)c1. The van der Waals surface area contributed by atoms with Crippen molar-refractivity contribution in [2.24, 2.45) is 0 Å². The highest BCUT2D eigenvalue weighted by atomic mass is 79.9. The summed E-state index contributed by atoms with van der Waals surface area (Å²) in [6, 6.07) is 5.76. The van der Waals surface area contributed by atoms with Crippen LogP contribution in [0.4, 0.5) is 5.69 Å². The lowest BCUT2D eigenvalue weighted by molar-refractivity contribution is 0.557. The minimum Gasteiger partial charge on any atom is -0.465 e. The van der Waals surface area contributed by atoms with E-state index in [1.807, 2.05) is 30.4 Å². The van der Waals surface area contributed by atoms with Crippen molar-refractivity contribution in [3.8, 4) is 0 Å². The third-order valence-electron chi connectivity index (χ3n) is 1.95. The molecule has 0 radical (unpaired) electrons. The molecule has 0 atom stereocenters. The van der Waals surface area contributed by atoms with Gasteiger partial charge in [0, 0.05) is 17.2 Å². The zero-order valence-corrected chi connectivity index (χ0v) is 10.1. The molecular formula is C12H11BrN2O. The van der Waals surface area contributed by atoms with Crippen LogP contribution in [0, 0.1) is 0 Å². The Morgan fingerprint density at radius 1 is 1.44 bits per heavy atom. The number of hydrogen-bond acceptors (Lipinski definition) is 3. The Balaban J connectivity index is 1.84. The van der Waals surface area contributed by atoms with E-state index in [2.05, 4.69) is 26.2 Å². The summed E-state index contributed by atoms with van der Waals surface area (Å²) in [5.74, 6) is 0.856. The second kappa shape index (κ2) is 5.51. The molecule has 2 heterocycles. The minimum atomic E-state index is 0.735. The predicted octanol–water partition coefficient (Wildman–Crippen LogP) is 3.56. The lowest BCUT2D eigenvalue weighted by atomic mass is 10.3. The number of nitrogens with zero attached hydrogens (tertiary/aromatic N) is 1. The van der Waals surface area contributed by atoms with Crippen molar-refractivity contribution in [1.29, 1.82) is 0 Å². The first-order valence-electron chi connectivity index (χ1n) is 4.89. The number of hydrogen-bond donors (Lipinski definition) is 1. The Kier molecular flexibility index (Phi) is 3.77. The van der Waals surface area contributed by atoms with E-state index >= 15 is 0 Å². The molecule has 0 aliphatic heterocycles. The quantitative estimate of drug-likeness (QED) is 0.929. The summed E-state index contributed by atoms with van der Waals surface area (Å²) in [6.07, 6.45) is 9.12. The number of aromatic nitrogens is 1. The van der Waals surface area contributed by atoms with E-state index in [9.17, 15) is 0 Å². The van der Waals surface area contributed by atoms with Crippen molar-refractivity contribution in [1.82, 2.24) is 4.98 Å². The highest BCUT2D eigenvalue weighted by Gasteiger charge is 1.91. The molecule has 0 aromatic carbocycles. The third kappa shape index (κ3) is 3.24. The maximum absolute atomic E-state index is 5.17. The standard InChI is InChI=1S/C12H11BrN2O/c13-10-7-11(9-14-8-10)15-5-1-3-12-4-2-6-16-12/h1-4,6-9,15H,5H2/b3-1+. The van der Waals surface area contributed by atoms with Crippen molar-refractivity contribution in [3.05, 3.63) is 53.2 Å². The molecule has 0 bridgehead atoms. The van der Waals surface area contributed by atoms with Gasteiger partial charge in [-0.3, -0.25) is 4.98 Å². The molecule has 0 aliphatic carbocycles. The zero-order chi connectivity index (χ0) is 11.2. The van der Waals surface area contributed by atoms with Crippen LogP contribution in [-0.4, -0.2) is 11.5 Å². The summed E-state index contributed by atoms with van der Waals surface area (Å²) >= 11 is 3.37. The van der Waals surface area contributed by atoms with Crippen molar-refractivity contribution in [3.63, 3.8) is 0 Å². The first-order valence-corrected chi connectivity index (χ1v) is 5.68. The molecule has 82 valence electrons. The van der Waals surface area contributed by atoms with E-state index in [0.29, 0.717) is 0 Å². The van der Waals surface area contributed by atoms with E-state index in [0.717, 1.165) is 22.5 Å². The lowest BCUT2D eigenvalue weighted by Crippen LogP contribution is -1.98. The van der Waals surface area contributed by atoms with E-state index < -0.39 is 0 Å². The Morgan fingerprint density at radius 2 is 2.38 bits per heavy atom. The largest absolute Gasteiger partial charge is 0.465 e. The molecule has 0 spiro atoms. The van der Waals surface area contributed by atoms with Crippen LogP contribution in [0.25, 0.3) is 6.08 Å². The summed E-state index contributed by atoms with van der Waals surface area (Å²) in [6.45, 7) is 0.735. The molecular weight excluding hydrogens is 268 g/mol. The Hall–Kier alpha value is -1.55. The van der Waals surface area contributed by atoms with Crippen LogP contribution in [0.15, 0.2) is 51.8 Å².